The Bertz CT molecular complexity index is 5120. The van der Waals surface area contributed by atoms with Crippen LogP contribution >= 0.6 is 11.8 Å². The molecule has 3 aromatic carbocycles. The van der Waals surface area contributed by atoms with Gasteiger partial charge in [0, 0.05) is 119 Å². The van der Waals surface area contributed by atoms with Crippen LogP contribution in [0.1, 0.15) is 160 Å². The van der Waals surface area contributed by atoms with E-state index in [4.69, 9.17) is 21.9 Å². The lowest BCUT2D eigenvalue weighted by Gasteiger charge is -2.36. The second kappa shape index (κ2) is 51.1. The van der Waals surface area contributed by atoms with Crippen molar-refractivity contribution in [1.82, 2.24) is 71.7 Å². The predicted octanol–water partition coefficient (Wildman–Crippen LogP) is -0.721. The molecule has 5 aromatic rings. The third-order valence-electron chi connectivity index (χ3n) is 24.9. The van der Waals surface area contributed by atoms with Gasteiger partial charge in [0.05, 0.1) is 68.6 Å². The number of rotatable bonds is 28. The van der Waals surface area contributed by atoms with Crippen molar-refractivity contribution in [3.8, 4) is 5.75 Å². The molecule has 4 heterocycles. The molecule has 0 bridgehead atoms. The number of nitrogens with zero attached hydrogens (tertiary/aromatic N) is 5. The number of carbonyl (C=O) groups excluding carboxylic acids is 18. The van der Waals surface area contributed by atoms with Crippen molar-refractivity contribution in [3.05, 3.63) is 102 Å². The van der Waals surface area contributed by atoms with Crippen LogP contribution in [0.15, 0.2) is 85.2 Å². The molecule has 8 rings (SSSR count). The lowest BCUT2D eigenvalue weighted by Crippen LogP contribution is -2.60. The average molecular weight is 1900 g/mol. The fourth-order valence-electron chi connectivity index (χ4n) is 17.3. The van der Waals surface area contributed by atoms with Crippen molar-refractivity contribution in [3.63, 3.8) is 0 Å². The van der Waals surface area contributed by atoms with Crippen molar-refractivity contribution in [1.29, 1.82) is 0 Å². The van der Waals surface area contributed by atoms with Crippen LogP contribution < -0.4 is 64.5 Å². The van der Waals surface area contributed by atoms with Crippen molar-refractivity contribution >= 4 is 145 Å². The number of amides is 15. The van der Waals surface area contributed by atoms with Gasteiger partial charge in [-0.2, -0.15) is 0 Å². The predicted molar refractivity (Wildman–Crippen MR) is 494 cm³/mol. The number of nitrogens with one attached hydrogen (secondary N) is 9. The van der Waals surface area contributed by atoms with E-state index in [9.17, 15) is 78.0 Å². The number of hydrogen-bond acceptors (Lipinski definition) is 24. The fourth-order valence-corrected chi connectivity index (χ4v) is 18.2. The van der Waals surface area contributed by atoms with E-state index in [0.717, 1.165) is 31.4 Å². The van der Waals surface area contributed by atoms with E-state index in [0.29, 0.717) is 69.9 Å². The molecule has 42 heteroatoms. The summed E-state index contributed by atoms with van der Waals surface area (Å²) in [5, 5.41) is 65.7. The Balaban J connectivity index is 1.20. The first-order valence-electron chi connectivity index (χ1n) is 45.5. The first-order chi connectivity index (χ1) is 64.1. The van der Waals surface area contributed by atoms with Gasteiger partial charge in [-0.25, -0.2) is 0 Å². The Labute approximate surface area is 785 Å². The summed E-state index contributed by atoms with van der Waals surface area (Å²) in [6, 6.07) is 0.958. The Morgan fingerprint density at radius 3 is 1.79 bits per heavy atom. The number of thioether (sulfide) groups is 1. The first-order valence-corrected chi connectivity index (χ1v) is 46.7. The van der Waals surface area contributed by atoms with Crippen molar-refractivity contribution in [2.75, 3.05) is 59.5 Å². The number of fused-ring (bicyclic) bond motifs is 4. The lowest BCUT2D eigenvalue weighted by molar-refractivity contribution is -0.149. The van der Waals surface area contributed by atoms with E-state index in [1.807, 2.05) is 13.8 Å². The van der Waals surface area contributed by atoms with Crippen LogP contribution in [0.5, 0.6) is 5.75 Å². The van der Waals surface area contributed by atoms with Crippen LogP contribution in [-0.4, -0.2) is 300 Å². The van der Waals surface area contributed by atoms with Crippen LogP contribution in [-0.2, 0) is 117 Å². The van der Waals surface area contributed by atoms with Crippen LogP contribution in [0.3, 0.4) is 0 Å². The standard InChI is InChI=1S/C93H129N17O24S/c1-10-12-22-72-88(128)101-65(35-50(3)4)86(126)105-70(75(114)31-33-78(95)117)48-135-49-80(119)98-66(36-52-26-28-57(134-9)29-27-52)90(130)106(6)51(5)83(123)102-68(42-79(96)118)92(132)110-34-18-25-73(110)89(129)104-69(47-112)87(127)99-63(30-32-77(94)116)82(122)60-40-56(113)41-61(60)85(125)100-64(37-53-43-97-62-21-16-14-19-58(53)62)76(115)39-55(46-111)84(124)103-67(91(131)108(8)74(23-13-11-2)93(133)107(72)7)38-54-44-109(45-81(120)121)71-24-17-15-20-59(54)71/h14-17,19-21,24,26-29,43-44,50-51,55-56,60-61,63-70,72-74,97,111-113H,10-13,18,22-23,25,30-42,45-49H2,1-9H3,(H2,94,116)(H2,95,117)(H2,96,118)(H,98,119)(H,99,127)(H,100,125)(H,101,128)(H,102,123)(H,103,124)(H,104,129)(H,105,126)(H,120,121)/t51-,55-,56-,60?,61+,63-,64-,65-,66-,67-,68-,69-,70-,72-,73-,74-/m0/s1. The van der Waals surface area contributed by atoms with Gasteiger partial charge in [-0.1, -0.05) is 102 Å². The Morgan fingerprint density at radius 2 is 1.15 bits per heavy atom. The third-order valence-corrected chi connectivity index (χ3v) is 25.9. The van der Waals surface area contributed by atoms with Gasteiger partial charge in [-0.15, -0.1) is 11.8 Å². The number of carboxylic acid groups (broad SMARTS) is 1. The molecule has 1 aliphatic carbocycles. The normalized spacial score (nSPS) is 25.4. The highest BCUT2D eigenvalue weighted by molar-refractivity contribution is 8.00. The minimum Gasteiger partial charge on any atom is -0.497 e. The molecule has 19 N–H and O–H groups in total. The second-order valence-electron chi connectivity index (χ2n) is 35.3. The molecular formula is C93H129N17O24S. The molecule has 15 amide bonds. The number of nitrogens with two attached hydrogens (primary N) is 3. The van der Waals surface area contributed by atoms with Crippen LogP contribution in [0, 0.1) is 23.7 Å². The molecule has 1 unspecified atom stereocenters. The number of hydrogen-bond donors (Lipinski definition) is 16. The van der Waals surface area contributed by atoms with E-state index in [1.165, 1.54) is 45.9 Å². The summed E-state index contributed by atoms with van der Waals surface area (Å²) in [7, 11) is 5.31. The van der Waals surface area contributed by atoms with Gasteiger partial charge in [0.1, 0.15) is 66.7 Å². The molecule has 2 aromatic heterocycles. The highest BCUT2D eigenvalue weighted by Crippen LogP contribution is 2.36. The van der Waals surface area contributed by atoms with Gasteiger partial charge in [-0.3, -0.25) is 91.1 Å². The zero-order chi connectivity index (χ0) is 99.4. The SMILES string of the molecule is CCCC[C@H]1C(=O)N(C)[C@@H](CCCC)C(=O)N[C@@H](CC(C)C)C(=O)N[C@H](C(=O)CCC(N)=O)CSCC(=O)N[C@@H](Cc2ccc(OC)cc2)C(=O)N(C)[C@@H](C)C(=O)N[C@@H](CC(N)=O)C(=O)N2CCC[C@H]2C(=O)N[C@@H](CO)C(=O)N[C@@H](CCC(N)=O)C(=O)C2C[C@H](O)C[C@H]2C(=O)N[C@@H](Cc2c[nH]c3ccccc23)C(=O)C[C@@H](CO)C(=O)N[C@@H](Cc2cn(CC(=O)O)c3ccccc23)C(=O)N1C. The van der Waals surface area contributed by atoms with Gasteiger partial charge in [0.25, 0.3) is 0 Å². The number of aliphatic carboxylic acids is 1. The monoisotopic (exact) mass is 1900 g/mol. The summed E-state index contributed by atoms with van der Waals surface area (Å²) in [6.45, 7) is 5.48. The van der Waals surface area contributed by atoms with Crippen LogP contribution in [0.25, 0.3) is 21.8 Å². The molecule has 2 aliphatic heterocycles. The second-order valence-corrected chi connectivity index (χ2v) is 36.3. The van der Waals surface area contributed by atoms with E-state index >= 15 is 33.6 Å². The summed E-state index contributed by atoms with van der Waals surface area (Å²) in [4.78, 5) is 282. The van der Waals surface area contributed by atoms with Gasteiger partial charge in [0.2, 0.25) is 88.6 Å². The van der Waals surface area contributed by atoms with Gasteiger partial charge >= 0.3 is 5.97 Å². The number of unbranched alkanes of at least 4 members (excludes halogenated alkanes) is 2. The summed E-state index contributed by atoms with van der Waals surface area (Å²) < 4.78 is 6.75. The van der Waals surface area contributed by atoms with Gasteiger partial charge in [-0.05, 0) is 105 Å². The van der Waals surface area contributed by atoms with Crippen molar-refractivity contribution < 1.29 is 116 Å². The summed E-state index contributed by atoms with van der Waals surface area (Å²) >= 11 is 0.825. The molecule has 0 spiro atoms. The number of benzene rings is 3. The fraction of sp³-hybridized carbons (Fsp3) is 0.559. The molecular weight excluding hydrogens is 1770 g/mol. The number of ether oxygens (including phenoxy) is 1. The molecule has 3 aliphatic rings. The maximum atomic E-state index is 15.9. The number of likely N-dealkylation sites (N-methyl/N-ethyl adjacent to an activating group) is 3. The lowest BCUT2D eigenvalue weighted by atomic mass is 9.85. The van der Waals surface area contributed by atoms with E-state index in [1.54, 1.807) is 92.8 Å². The van der Waals surface area contributed by atoms with E-state index in [-0.39, 0.29) is 63.2 Å². The highest BCUT2D eigenvalue weighted by atomic mass is 32.2. The number of methoxy groups -OCH3 is 1. The average Bonchev–Trinajstić information content (AvgIpc) is 1.81. The summed E-state index contributed by atoms with van der Waals surface area (Å²) in [6.07, 6.45) is -2.38. The van der Waals surface area contributed by atoms with E-state index < -0.39 is 292 Å². The molecule has 736 valence electrons. The summed E-state index contributed by atoms with van der Waals surface area (Å²) in [5.41, 5.74) is 19.0. The maximum Gasteiger partial charge on any atom is 0.323 e. The zero-order valence-electron chi connectivity index (χ0n) is 77.6. The van der Waals surface area contributed by atoms with Crippen molar-refractivity contribution in [2.24, 2.45) is 40.9 Å². The van der Waals surface area contributed by atoms with Crippen LogP contribution in [0.4, 0.5) is 0 Å². The molecule has 3 fully saturated rings. The molecule has 1 saturated carbocycles. The Morgan fingerprint density at radius 1 is 0.563 bits per heavy atom. The molecule has 16 atom stereocenters. The first kappa shape index (κ1) is 108. The number of aliphatic hydroxyl groups excluding tert-OH is 3. The Kier molecular flexibility index (Phi) is 40.8. The minimum atomic E-state index is -1.93. The molecule has 0 radical (unpaired) electrons. The largest absolute Gasteiger partial charge is 0.497 e. The third kappa shape index (κ3) is 29.9. The van der Waals surface area contributed by atoms with E-state index in [2.05, 4.69) is 47.5 Å². The number of aromatic nitrogens is 2. The number of ketones is 3. The molecule has 135 heavy (non-hydrogen) atoms. The highest BCUT2D eigenvalue weighted by Gasteiger charge is 2.48. The number of Topliss-reactive ketones (excluding diaryl/α,β-unsaturated/α-hetero) is 3. The Hall–Kier alpha value is -12.7. The topological polar surface area (TPSA) is 622 Å². The number of H-pyrrole nitrogens is 1. The zero-order valence-corrected chi connectivity index (χ0v) is 78.4. The van der Waals surface area contributed by atoms with Crippen LogP contribution in [0.2, 0.25) is 0 Å². The number of carbonyl (C=O) groups is 19. The van der Waals surface area contributed by atoms with Gasteiger partial charge in [0.15, 0.2) is 17.3 Å². The number of carboxylic acids is 1. The quantitative estimate of drug-likeness (QED) is 0.0294. The molecule has 41 nitrogen and oxygen atoms in total. The molecule has 2 saturated heterocycles. The smallest absolute Gasteiger partial charge is 0.323 e. The number of primary amides is 3. The number of aromatic amines is 1. The number of para-hydroxylation sites is 2. The minimum absolute atomic E-state index is 0.00311. The maximum absolute atomic E-state index is 15.9. The number of aliphatic hydroxyl groups is 3. The summed E-state index contributed by atoms with van der Waals surface area (Å²) in [5.74, 6) is -23.7. The van der Waals surface area contributed by atoms with Gasteiger partial charge < -0.3 is 114 Å². The van der Waals surface area contributed by atoms with Crippen molar-refractivity contribution in [2.45, 2.75) is 248 Å².